The van der Waals surface area contributed by atoms with Crippen LogP contribution in [0.4, 0.5) is 0 Å². The van der Waals surface area contributed by atoms with Crippen LogP contribution < -0.4 is 0 Å². The molecule has 308 valence electrons. The molecule has 0 N–H and O–H groups in total. The van der Waals surface area contributed by atoms with E-state index in [4.69, 9.17) is 0 Å². The van der Waals surface area contributed by atoms with E-state index in [0.717, 1.165) is 38.5 Å². The fourth-order valence-electron chi connectivity index (χ4n) is 11.0. The molecule has 6 aliphatic rings. The van der Waals surface area contributed by atoms with Gasteiger partial charge >= 0.3 is 0 Å². The standard InChI is InChI=1S/C61H59N/c1-42-33-34-49(36-35-48-23-11-13-27-53(48)56-30-16-15-26-52(42)56)61-44(3)57(41-50-24-12-14-29-55(50)61)60-43(2)19-17-32-59(60)62(58-31-18-25-47-22-9-6-10-28-54(47)58)51-39-37-46(38-40-51)45-20-7-4-5-8-21-45/h4,7-8,10-17,19-21,23-24,26-34,36-37,39-43,46,60H,5-6,9,18,22,25,35,38H2,1-3H3/b34-33-,49-36+. The second-order valence-electron chi connectivity index (χ2n) is 18.1. The Morgan fingerprint density at radius 2 is 1.53 bits per heavy atom. The monoisotopic (exact) mass is 805 g/mol. The second-order valence-corrected chi connectivity index (χ2v) is 18.1. The molecule has 6 aliphatic carbocycles. The summed E-state index contributed by atoms with van der Waals surface area (Å²) in [4.78, 5) is 2.69. The summed E-state index contributed by atoms with van der Waals surface area (Å²) in [5.74, 6) is 1.06. The van der Waals surface area contributed by atoms with Gasteiger partial charge in [0.2, 0.25) is 0 Å². The zero-order valence-corrected chi connectivity index (χ0v) is 36.7. The number of fused-ring (bicyclic) bond motifs is 4. The highest BCUT2D eigenvalue weighted by molar-refractivity contribution is 5.98. The molecule has 0 saturated carbocycles. The Morgan fingerprint density at radius 3 is 2.44 bits per heavy atom. The summed E-state index contributed by atoms with van der Waals surface area (Å²) in [5.41, 5.74) is 19.3. The lowest BCUT2D eigenvalue weighted by Crippen LogP contribution is -2.31. The van der Waals surface area contributed by atoms with E-state index in [9.17, 15) is 0 Å². The van der Waals surface area contributed by atoms with Crippen LogP contribution in [0, 0.1) is 18.8 Å². The van der Waals surface area contributed by atoms with Gasteiger partial charge in [0.05, 0.1) is 0 Å². The van der Waals surface area contributed by atoms with E-state index >= 15 is 0 Å². The largest absolute Gasteiger partial charge is 0.314 e. The number of benzene rings is 4. The van der Waals surface area contributed by atoms with Crippen molar-refractivity contribution in [3.05, 3.63) is 244 Å². The van der Waals surface area contributed by atoms with Crippen LogP contribution in [0.3, 0.4) is 0 Å². The summed E-state index contributed by atoms with van der Waals surface area (Å²) in [6, 6.07) is 29.7. The van der Waals surface area contributed by atoms with Crippen LogP contribution in [0.5, 0.6) is 0 Å². The third-order valence-electron chi connectivity index (χ3n) is 14.2. The molecular formula is C61H59N. The zero-order valence-electron chi connectivity index (χ0n) is 36.7. The molecule has 0 spiro atoms. The molecule has 4 unspecified atom stereocenters. The zero-order chi connectivity index (χ0) is 42.0. The lowest BCUT2D eigenvalue weighted by atomic mass is 9.75. The first-order valence-corrected chi connectivity index (χ1v) is 23.3. The molecule has 62 heavy (non-hydrogen) atoms. The molecule has 0 bridgehead atoms. The second kappa shape index (κ2) is 17.7. The van der Waals surface area contributed by atoms with Gasteiger partial charge in [-0.05, 0) is 149 Å². The molecule has 4 aromatic rings. The van der Waals surface area contributed by atoms with Crippen molar-refractivity contribution in [2.45, 2.75) is 84.0 Å². The first kappa shape index (κ1) is 39.9. The van der Waals surface area contributed by atoms with Gasteiger partial charge in [-0.15, -0.1) is 0 Å². The van der Waals surface area contributed by atoms with Crippen LogP contribution in [0.25, 0.3) is 27.5 Å². The quantitative estimate of drug-likeness (QED) is 0.188. The van der Waals surface area contributed by atoms with Crippen LogP contribution >= 0.6 is 0 Å². The Balaban J connectivity index is 1.12. The Labute approximate surface area is 370 Å². The van der Waals surface area contributed by atoms with Crippen molar-refractivity contribution in [3.63, 3.8) is 0 Å². The van der Waals surface area contributed by atoms with Crippen LogP contribution in [-0.2, 0) is 6.42 Å². The highest BCUT2D eigenvalue weighted by Crippen LogP contribution is 2.48. The lowest BCUT2D eigenvalue weighted by molar-refractivity contribution is 0.442. The van der Waals surface area contributed by atoms with Crippen molar-refractivity contribution in [1.82, 2.24) is 4.90 Å². The first-order valence-electron chi connectivity index (χ1n) is 23.3. The molecule has 0 radical (unpaired) electrons. The maximum absolute atomic E-state index is 2.69. The predicted octanol–water partition coefficient (Wildman–Crippen LogP) is 16.2. The SMILES string of the molecule is Cc1c(C2C(N(C3=CCC(C4=CC=CCC=C4)C=C3)C3=CCCC4=C3C=CCCC4)=CC=CC2C)cc2ccccc2c1C1=C/Cc2ccccc2-c2ccccc2C(C)/C=C\1. The number of hydrogen-bond donors (Lipinski definition) is 0. The summed E-state index contributed by atoms with van der Waals surface area (Å²) in [6.07, 6.45) is 49.5. The molecule has 1 nitrogen and oxygen atoms in total. The minimum atomic E-state index is 0.144. The molecule has 0 heterocycles. The fourth-order valence-corrected chi connectivity index (χ4v) is 11.0. The number of rotatable bonds is 6. The average molecular weight is 806 g/mol. The van der Waals surface area contributed by atoms with Gasteiger partial charge in [0.15, 0.2) is 0 Å². The van der Waals surface area contributed by atoms with Gasteiger partial charge in [0.25, 0.3) is 0 Å². The highest BCUT2D eigenvalue weighted by atomic mass is 15.2. The van der Waals surface area contributed by atoms with Gasteiger partial charge < -0.3 is 4.90 Å². The summed E-state index contributed by atoms with van der Waals surface area (Å²) in [7, 11) is 0. The van der Waals surface area contributed by atoms with Crippen molar-refractivity contribution < 1.29 is 0 Å². The number of allylic oxidation sites excluding steroid dienone is 21. The maximum Gasteiger partial charge on any atom is 0.0490 e. The Kier molecular flexibility index (Phi) is 11.4. The Hall–Kier alpha value is -6.18. The minimum absolute atomic E-state index is 0.144. The molecule has 0 amide bonds. The summed E-state index contributed by atoms with van der Waals surface area (Å²) in [6.45, 7) is 7.19. The maximum atomic E-state index is 2.69. The lowest BCUT2D eigenvalue weighted by Gasteiger charge is -2.41. The third kappa shape index (κ3) is 7.68. The third-order valence-corrected chi connectivity index (χ3v) is 14.2. The highest BCUT2D eigenvalue weighted by Gasteiger charge is 2.35. The molecular weight excluding hydrogens is 747 g/mol. The van der Waals surface area contributed by atoms with E-state index < -0.39 is 0 Å². The topological polar surface area (TPSA) is 3.24 Å². The molecule has 10 rings (SSSR count). The van der Waals surface area contributed by atoms with E-state index in [1.807, 2.05) is 0 Å². The van der Waals surface area contributed by atoms with Crippen molar-refractivity contribution in [2.75, 3.05) is 0 Å². The van der Waals surface area contributed by atoms with E-state index in [-0.39, 0.29) is 11.8 Å². The van der Waals surface area contributed by atoms with Gasteiger partial charge in [-0.2, -0.15) is 0 Å². The van der Waals surface area contributed by atoms with Crippen molar-refractivity contribution in [1.29, 1.82) is 0 Å². The van der Waals surface area contributed by atoms with Gasteiger partial charge in [0, 0.05) is 28.9 Å². The van der Waals surface area contributed by atoms with Gasteiger partial charge in [0.1, 0.15) is 0 Å². The average Bonchev–Trinajstić information content (AvgIpc) is 3.74. The number of hydrogen-bond acceptors (Lipinski definition) is 1. The van der Waals surface area contributed by atoms with Gasteiger partial charge in [-0.3, -0.25) is 0 Å². The summed E-state index contributed by atoms with van der Waals surface area (Å²) in [5, 5.41) is 2.62. The van der Waals surface area contributed by atoms with Crippen LogP contribution in [0.2, 0.25) is 0 Å². The van der Waals surface area contributed by atoms with Crippen LogP contribution in [0.15, 0.2) is 216 Å². The summed E-state index contributed by atoms with van der Waals surface area (Å²) >= 11 is 0. The Morgan fingerprint density at radius 1 is 0.677 bits per heavy atom. The van der Waals surface area contributed by atoms with Gasteiger partial charge in [-0.1, -0.05) is 189 Å². The smallest absolute Gasteiger partial charge is 0.0490 e. The summed E-state index contributed by atoms with van der Waals surface area (Å²) < 4.78 is 0. The van der Waals surface area contributed by atoms with E-state index in [0.29, 0.717) is 11.8 Å². The molecule has 0 saturated heterocycles. The molecule has 0 fully saturated rings. The Bertz CT molecular complexity index is 2790. The fraction of sp³-hybridized carbons (Fsp3) is 0.246. The van der Waals surface area contributed by atoms with E-state index in [1.54, 1.807) is 5.57 Å². The van der Waals surface area contributed by atoms with E-state index in [2.05, 4.69) is 208 Å². The van der Waals surface area contributed by atoms with Crippen LogP contribution in [0.1, 0.15) is 98.4 Å². The number of nitrogens with zero attached hydrogens (tertiary/aromatic N) is 1. The van der Waals surface area contributed by atoms with Gasteiger partial charge in [-0.25, -0.2) is 0 Å². The molecule has 0 aliphatic heterocycles. The molecule has 4 aromatic carbocycles. The molecule has 4 atom stereocenters. The molecule has 0 aromatic heterocycles. The van der Waals surface area contributed by atoms with E-state index in [1.165, 1.54) is 96.4 Å². The van der Waals surface area contributed by atoms with Crippen molar-refractivity contribution >= 4 is 16.3 Å². The predicted molar refractivity (Wildman–Crippen MR) is 264 cm³/mol. The van der Waals surface area contributed by atoms with Crippen molar-refractivity contribution in [3.8, 4) is 11.1 Å². The van der Waals surface area contributed by atoms with Crippen molar-refractivity contribution in [2.24, 2.45) is 11.8 Å². The normalized spacial score (nSPS) is 24.6. The van der Waals surface area contributed by atoms with Crippen LogP contribution in [-0.4, -0.2) is 4.90 Å². The molecule has 1 heteroatoms. The minimum Gasteiger partial charge on any atom is -0.314 e. The first-order chi connectivity index (χ1) is 30.5.